The normalized spacial score (nSPS) is 26.0. The molecule has 0 spiro atoms. The maximum atomic E-state index is 13.7. The van der Waals surface area contributed by atoms with Crippen LogP contribution in [0.25, 0.3) is 0 Å². The lowest BCUT2D eigenvalue weighted by Crippen LogP contribution is -2.61. The zero-order valence-electron chi connectivity index (χ0n) is 22.0. The molecule has 0 aromatic rings. The molecule has 0 bridgehead atoms. The molecule has 1 aliphatic heterocycles. The molecule has 1 aliphatic carbocycles. The Labute approximate surface area is 218 Å². The van der Waals surface area contributed by atoms with Gasteiger partial charge >= 0.3 is 6.03 Å². The lowest BCUT2D eigenvalue weighted by Gasteiger charge is -2.38. The fourth-order valence-corrected chi connectivity index (χ4v) is 5.99. The molecule has 196 valence electrons. The highest BCUT2D eigenvalue weighted by Crippen LogP contribution is 2.65. The number of likely N-dealkylation sites (N-methyl/N-ethyl adjacent to an activating group) is 1. The summed E-state index contributed by atoms with van der Waals surface area (Å²) in [5, 5.41) is 5.71. The Kier molecular flexibility index (Phi) is 8.18. The molecule has 34 heavy (non-hydrogen) atoms. The molecule has 0 aromatic heterocycles. The first kappa shape index (κ1) is 29.3. The van der Waals surface area contributed by atoms with E-state index in [4.69, 9.17) is 0 Å². The van der Waals surface area contributed by atoms with Gasteiger partial charge in [-0.25, -0.2) is 17.5 Å². The van der Waals surface area contributed by atoms with Gasteiger partial charge in [-0.05, 0) is 28.1 Å². The summed E-state index contributed by atoms with van der Waals surface area (Å²) in [5.41, 5.74) is -0.996. The third-order valence-corrected chi connectivity index (χ3v) is 9.39. The van der Waals surface area contributed by atoms with Crippen LogP contribution in [0.3, 0.4) is 0 Å². The van der Waals surface area contributed by atoms with Crippen molar-refractivity contribution in [1.29, 1.82) is 0 Å². The average molecular weight is 613 g/mol. The first-order chi connectivity index (χ1) is 15.1. The molecule has 3 amide bonds. The Morgan fingerprint density at radius 1 is 1.09 bits per heavy atom. The van der Waals surface area contributed by atoms with E-state index in [1.165, 1.54) is 11.4 Å². The van der Waals surface area contributed by atoms with E-state index in [1.54, 1.807) is 27.5 Å². The standard InChI is InChI=1S/C23H41IN4O5S/c1-21(2,3)14(12-27(9)34(10,32)33)25-20(31)26-17(22(4,5)6)19(30)28-11-13-15(23(13,7)8)16(28)18(24)29/h13-17H,11-12H2,1-10H3,(H2,25,26,31)/t13-,14+,15-,16-,17+/m0/s1. The minimum atomic E-state index is -3.42. The summed E-state index contributed by atoms with van der Waals surface area (Å²) in [5.74, 6) is 0.166. The number of nitrogens with zero attached hydrogens (tertiary/aromatic N) is 2. The number of carbonyl (C=O) groups excluding carboxylic acids is 3. The quantitative estimate of drug-likeness (QED) is 0.339. The largest absolute Gasteiger partial charge is 0.334 e. The molecule has 2 fully saturated rings. The molecule has 2 aliphatic rings. The van der Waals surface area contributed by atoms with E-state index >= 15 is 0 Å². The van der Waals surface area contributed by atoms with Crippen LogP contribution in [0.5, 0.6) is 0 Å². The second-order valence-corrected chi connectivity index (χ2v) is 15.7. The Balaban J connectivity index is 2.21. The second kappa shape index (κ2) is 9.49. The van der Waals surface area contributed by atoms with Crippen molar-refractivity contribution in [2.24, 2.45) is 28.1 Å². The number of rotatable bonds is 7. The number of urea groups is 1. The molecule has 0 radical (unpaired) electrons. The summed E-state index contributed by atoms with van der Waals surface area (Å²) in [6.07, 6.45) is 1.12. The Hall–Kier alpha value is -0.950. The van der Waals surface area contributed by atoms with Gasteiger partial charge in [0.25, 0.3) is 0 Å². The van der Waals surface area contributed by atoms with Gasteiger partial charge in [0.1, 0.15) is 12.1 Å². The number of likely N-dealkylation sites (tertiary alicyclic amines) is 1. The highest BCUT2D eigenvalue weighted by molar-refractivity contribution is 14.1. The summed E-state index contributed by atoms with van der Waals surface area (Å²) in [7, 11) is -1.95. The molecule has 1 saturated carbocycles. The van der Waals surface area contributed by atoms with E-state index in [9.17, 15) is 22.8 Å². The number of nitrogens with one attached hydrogen (secondary N) is 2. The number of piperidine rings is 1. The number of fused-ring (bicyclic) bond motifs is 1. The van der Waals surface area contributed by atoms with Gasteiger partial charge in [0.05, 0.1) is 6.26 Å². The number of hydrogen-bond donors (Lipinski definition) is 2. The third kappa shape index (κ3) is 6.24. The van der Waals surface area contributed by atoms with Crippen LogP contribution in [0, 0.1) is 28.1 Å². The molecule has 9 nitrogen and oxygen atoms in total. The monoisotopic (exact) mass is 612 g/mol. The molecular formula is C23H41IN4O5S. The summed E-state index contributed by atoms with van der Waals surface area (Å²) in [6, 6.07) is -2.36. The van der Waals surface area contributed by atoms with Crippen molar-refractivity contribution in [3.63, 3.8) is 0 Å². The molecule has 2 N–H and O–H groups in total. The van der Waals surface area contributed by atoms with Gasteiger partial charge in [-0.1, -0.05) is 55.4 Å². The van der Waals surface area contributed by atoms with Crippen LogP contribution in [0.1, 0.15) is 55.4 Å². The summed E-state index contributed by atoms with van der Waals surface area (Å²) < 4.78 is 25.0. The number of hydrogen-bond acceptors (Lipinski definition) is 5. The van der Waals surface area contributed by atoms with Crippen LogP contribution in [0.15, 0.2) is 0 Å². The fraction of sp³-hybridized carbons (Fsp3) is 0.870. The van der Waals surface area contributed by atoms with Crippen molar-refractivity contribution >= 4 is 48.3 Å². The van der Waals surface area contributed by atoms with Crippen molar-refractivity contribution in [1.82, 2.24) is 19.8 Å². The first-order valence-electron chi connectivity index (χ1n) is 11.6. The van der Waals surface area contributed by atoms with Crippen LogP contribution in [-0.2, 0) is 19.6 Å². The molecule has 5 atom stereocenters. The SMILES string of the molecule is CN(C[C@@H](NC(=O)N[C@H](C(=O)N1C[C@H]2[C@@H]([C@H]1C(=O)I)C2(C)C)C(C)(C)C)C(C)(C)C)S(C)(=O)=O. The molecule has 0 aromatic carbocycles. The number of amides is 3. The molecule has 1 saturated heterocycles. The number of sulfonamides is 1. The predicted octanol–water partition coefficient (Wildman–Crippen LogP) is 2.45. The average Bonchev–Trinajstić information content (AvgIpc) is 2.99. The third-order valence-electron chi connectivity index (χ3n) is 7.47. The van der Waals surface area contributed by atoms with Crippen LogP contribution in [-0.4, -0.2) is 77.9 Å². The maximum Gasteiger partial charge on any atom is 0.315 e. The van der Waals surface area contributed by atoms with Crippen LogP contribution in [0.2, 0.25) is 0 Å². The zero-order chi connectivity index (χ0) is 26.6. The highest BCUT2D eigenvalue weighted by atomic mass is 127. The minimum Gasteiger partial charge on any atom is -0.334 e. The minimum absolute atomic E-state index is 0.0376. The van der Waals surface area contributed by atoms with Crippen LogP contribution in [0.4, 0.5) is 4.79 Å². The molecular weight excluding hydrogens is 571 g/mol. The van der Waals surface area contributed by atoms with Gasteiger partial charge in [-0.2, -0.15) is 0 Å². The van der Waals surface area contributed by atoms with Gasteiger partial charge in [-0.15, -0.1) is 0 Å². The first-order valence-corrected chi connectivity index (χ1v) is 14.5. The van der Waals surface area contributed by atoms with Crippen molar-refractivity contribution in [3.05, 3.63) is 0 Å². The topological polar surface area (TPSA) is 116 Å². The van der Waals surface area contributed by atoms with Crippen molar-refractivity contribution in [2.75, 3.05) is 26.4 Å². The zero-order valence-corrected chi connectivity index (χ0v) is 25.0. The van der Waals surface area contributed by atoms with E-state index < -0.39 is 45.0 Å². The van der Waals surface area contributed by atoms with Crippen LogP contribution < -0.4 is 10.6 Å². The lowest BCUT2D eigenvalue weighted by atomic mass is 9.85. The summed E-state index contributed by atoms with van der Waals surface area (Å²) in [6.45, 7) is 16.2. The van der Waals surface area contributed by atoms with E-state index in [-0.39, 0.29) is 33.5 Å². The predicted molar refractivity (Wildman–Crippen MR) is 141 cm³/mol. The second-order valence-electron chi connectivity index (χ2n) is 12.6. The van der Waals surface area contributed by atoms with E-state index in [1.807, 2.05) is 41.5 Å². The van der Waals surface area contributed by atoms with Crippen molar-refractivity contribution < 1.29 is 22.8 Å². The lowest BCUT2D eigenvalue weighted by molar-refractivity contribution is -0.140. The molecule has 11 heteroatoms. The van der Waals surface area contributed by atoms with Gasteiger partial charge in [0.15, 0.2) is 0 Å². The van der Waals surface area contributed by atoms with Crippen LogP contribution >= 0.6 is 22.6 Å². The number of halogens is 1. The van der Waals surface area contributed by atoms with Gasteiger partial charge in [-0.3, -0.25) is 9.59 Å². The van der Waals surface area contributed by atoms with Gasteiger partial charge in [0.2, 0.25) is 19.7 Å². The Morgan fingerprint density at radius 2 is 1.62 bits per heavy atom. The maximum absolute atomic E-state index is 13.7. The van der Waals surface area contributed by atoms with Gasteiger partial charge < -0.3 is 15.5 Å². The van der Waals surface area contributed by atoms with Crippen molar-refractivity contribution in [3.8, 4) is 0 Å². The summed E-state index contributed by atoms with van der Waals surface area (Å²) >= 11 is 1.78. The smallest absolute Gasteiger partial charge is 0.315 e. The Bertz CT molecular complexity index is 938. The molecule has 2 rings (SSSR count). The summed E-state index contributed by atoms with van der Waals surface area (Å²) in [4.78, 5) is 40.8. The molecule has 0 unspecified atom stereocenters. The van der Waals surface area contributed by atoms with E-state index in [2.05, 4.69) is 24.5 Å². The fourth-order valence-electron chi connectivity index (χ4n) is 4.85. The molecule has 1 heterocycles. The van der Waals surface area contributed by atoms with E-state index in [0.29, 0.717) is 6.54 Å². The number of carbonyl (C=O) groups is 3. The Morgan fingerprint density at radius 3 is 2.03 bits per heavy atom. The van der Waals surface area contributed by atoms with E-state index in [0.717, 1.165) is 6.26 Å². The highest BCUT2D eigenvalue weighted by Gasteiger charge is 2.69. The van der Waals surface area contributed by atoms with Gasteiger partial charge in [0, 0.05) is 48.8 Å². The van der Waals surface area contributed by atoms with Crippen molar-refractivity contribution in [2.45, 2.75) is 73.5 Å².